The number of benzene rings is 1. The summed E-state index contributed by atoms with van der Waals surface area (Å²) in [5.41, 5.74) is 2.17. The molecule has 1 saturated carbocycles. The van der Waals surface area contributed by atoms with Crippen LogP contribution in [0.25, 0.3) is 11.0 Å². The molecule has 0 unspecified atom stereocenters. The zero-order chi connectivity index (χ0) is 14.2. The van der Waals surface area contributed by atoms with Crippen molar-refractivity contribution in [3.05, 3.63) is 29.0 Å². The maximum absolute atomic E-state index is 6.14. The summed E-state index contributed by atoms with van der Waals surface area (Å²) >= 11 is 6.14. The molecule has 0 amide bonds. The second kappa shape index (κ2) is 5.59. The number of nitrogens with zero attached hydrogens (tertiary/aromatic N) is 2. The lowest BCUT2D eigenvalue weighted by atomic mass is 10.1. The fraction of sp³-hybridized carbons (Fsp3) is 0.562. The second-order valence-electron chi connectivity index (χ2n) is 6.02. The van der Waals surface area contributed by atoms with Gasteiger partial charge in [0.2, 0.25) is 0 Å². The van der Waals surface area contributed by atoms with E-state index in [4.69, 9.17) is 21.3 Å². The summed E-state index contributed by atoms with van der Waals surface area (Å²) in [7, 11) is 0. The SMILES string of the molecule is Clc1ccc2nc(COC3CCNCC3)n(C3CC3)c2c1. The van der Waals surface area contributed by atoms with Gasteiger partial charge >= 0.3 is 0 Å². The molecule has 2 fully saturated rings. The highest BCUT2D eigenvalue weighted by Gasteiger charge is 2.28. The van der Waals surface area contributed by atoms with E-state index in [1.165, 1.54) is 12.8 Å². The van der Waals surface area contributed by atoms with Crippen molar-refractivity contribution in [1.29, 1.82) is 0 Å². The molecule has 1 aromatic carbocycles. The second-order valence-corrected chi connectivity index (χ2v) is 6.46. The van der Waals surface area contributed by atoms with Gasteiger partial charge in [-0.1, -0.05) is 11.6 Å². The first-order valence-corrected chi connectivity index (χ1v) is 8.18. The first-order chi connectivity index (χ1) is 10.3. The molecular formula is C16H20ClN3O. The van der Waals surface area contributed by atoms with Crippen LogP contribution in [0.2, 0.25) is 5.02 Å². The zero-order valence-corrected chi connectivity index (χ0v) is 12.8. The lowest BCUT2D eigenvalue weighted by Gasteiger charge is -2.23. The third-order valence-electron chi connectivity index (χ3n) is 4.37. The van der Waals surface area contributed by atoms with Crippen molar-refractivity contribution in [3.63, 3.8) is 0 Å². The summed E-state index contributed by atoms with van der Waals surface area (Å²) in [6.45, 7) is 2.71. The number of ether oxygens (including phenoxy) is 1. The first kappa shape index (κ1) is 13.6. The standard InChI is InChI=1S/C16H20ClN3O/c17-11-1-4-14-15(9-11)20(12-2-3-12)16(19-14)10-21-13-5-7-18-8-6-13/h1,4,9,12-13,18H,2-3,5-8,10H2. The average molecular weight is 306 g/mol. The number of aromatic nitrogens is 2. The smallest absolute Gasteiger partial charge is 0.136 e. The van der Waals surface area contributed by atoms with Gasteiger partial charge in [0.1, 0.15) is 12.4 Å². The molecule has 0 bridgehead atoms. The van der Waals surface area contributed by atoms with Gasteiger partial charge in [0.25, 0.3) is 0 Å². The number of rotatable bonds is 4. The molecule has 112 valence electrons. The maximum atomic E-state index is 6.14. The molecule has 21 heavy (non-hydrogen) atoms. The molecule has 4 rings (SSSR count). The van der Waals surface area contributed by atoms with Crippen molar-refractivity contribution in [1.82, 2.24) is 14.9 Å². The Hall–Kier alpha value is -1.10. The molecule has 5 heteroatoms. The van der Waals surface area contributed by atoms with Gasteiger partial charge in [0.15, 0.2) is 0 Å². The summed E-state index contributed by atoms with van der Waals surface area (Å²) in [5.74, 6) is 1.05. The Morgan fingerprint density at radius 2 is 2.05 bits per heavy atom. The van der Waals surface area contributed by atoms with Crippen LogP contribution < -0.4 is 5.32 Å². The molecule has 2 heterocycles. The largest absolute Gasteiger partial charge is 0.370 e. The van der Waals surface area contributed by atoms with Gasteiger partial charge in [-0.15, -0.1) is 0 Å². The maximum Gasteiger partial charge on any atom is 0.136 e. The van der Waals surface area contributed by atoms with Gasteiger partial charge in [0, 0.05) is 11.1 Å². The summed E-state index contributed by atoms with van der Waals surface area (Å²) in [4.78, 5) is 4.76. The lowest BCUT2D eigenvalue weighted by Crippen LogP contribution is -2.32. The predicted molar refractivity (Wildman–Crippen MR) is 83.7 cm³/mol. The Bertz CT molecular complexity index is 644. The first-order valence-electron chi connectivity index (χ1n) is 7.80. The third kappa shape index (κ3) is 2.80. The topological polar surface area (TPSA) is 39.1 Å². The number of halogens is 1. The van der Waals surface area contributed by atoms with Crippen LogP contribution in [0.15, 0.2) is 18.2 Å². The predicted octanol–water partition coefficient (Wildman–Crippen LogP) is 3.29. The highest BCUT2D eigenvalue weighted by atomic mass is 35.5. The number of hydrogen-bond donors (Lipinski definition) is 1. The van der Waals surface area contributed by atoms with E-state index in [2.05, 4.69) is 9.88 Å². The van der Waals surface area contributed by atoms with E-state index in [1.807, 2.05) is 18.2 Å². The van der Waals surface area contributed by atoms with Crippen molar-refractivity contribution in [2.75, 3.05) is 13.1 Å². The molecular weight excluding hydrogens is 286 g/mol. The van der Waals surface area contributed by atoms with Crippen LogP contribution in [-0.2, 0) is 11.3 Å². The Kier molecular flexibility index (Phi) is 3.61. The molecule has 0 spiro atoms. The Labute approximate surface area is 129 Å². The van der Waals surface area contributed by atoms with Gasteiger partial charge in [-0.2, -0.15) is 0 Å². The molecule has 2 aliphatic rings. The molecule has 1 N–H and O–H groups in total. The molecule has 2 aromatic rings. The van der Waals surface area contributed by atoms with Crippen LogP contribution in [0.4, 0.5) is 0 Å². The van der Waals surface area contributed by atoms with Crippen LogP contribution in [0.1, 0.15) is 37.5 Å². The molecule has 1 saturated heterocycles. The minimum atomic E-state index is 0.363. The summed E-state index contributed by atoms with van der Waals surface area (Å²) in [6.07, 6.45) is 5.02. The van der Waals surface area contributed by atoms with Crippen LogP contribution in [-0.4, -0.2) is 28.7 Å². The minimum absolute atomic E-state index is 0.363. The molecule has 1 aliphatic heterocycles. The Morgan fingerprint density at radius 3 is 2.81 bits per heavy atom. The molecule has 1 aliphatic carbocycles. The molecule has 4 nitrogen and oxygen atoms in total. The lowest BCUT2D eigenvalue weighted by molar-refractivity contribution is 0.0166. The Balaban J connectivity index is 1.59. The van der Waals surface area contributed by atoms with E-state index in [0.29, 0.717) is 18.8 Å². The van der Waals surface area contributed by atoms with Gasteiger partial charge in [-0.25, -0.2) is 4.98 Å². The normalized spacial score (nSPS) is 20.2. The van der Waals surface area contributed by atoms with E-state index < -0.39 is 0 Å². The van der Waals surface area contributed by atoms with Gasteiger partial charge in [-0.3, -0.25) is 0 Å². The minimum Gasteiger partial charge on any atom is -0.370 e. The fourth-order valence-electron chi connectivity index (χ4n) is 3.11. The zero-order valence-electron chi connectivity index (χ0n) is 12.0. The Morgan fingerprint density at radius 1 is 1.24 bits per heavy atom. The highest BCUT2D eigenvalue weighted by Crippen LogP contribution is 2.39. The quantitative estimate of drug-likeness (QED) is 0.942. The monoisotopic (exact) mass is 305 g/mol. The van der Waals surface area contributed by atoms with Gasteiger partial charge < -0.3 is 14.6 Å². The fourth-order valence-corrected chi connectivity index (χ4v) is 3.28. The van der Waals surface area contributed by atoms with Crippen molar-refractivity contribution in [2.45, 2.75) is 44.4 Å². The van der Waals surface area contributed by atoms with E-state index in [-0.39, 0.29) is 0 Å². The number of nitrogens with one attached hydrogen (secondary N) is 1. The number of piperidine rings is 1. The number of imidazole rings is 1. The highest BCUT2D eigenvalue weighted by molar-refractivity contribution is 6.31. The van der Waals surface area contributed by atoms with E-state index in [0.717, 1.165) is 47.8 Å². The van der Waals surface area contributed by atoms with Crippen molar-refractivity contribution >= 4 is 22.6 Å². The summed E-state index contributed by atoms with van der Waals surface area (Å²) in [6, 6.07) is 6.52. The van der Waals surface area contributed by atoms with E-state index in [1.54, 1.807) is 0 Å². The molecule has 0 radical (unpaired) electrons. The third-order valence-corrected chi connectivity index (χ3v) is 4.61. The molecule has 1 aromatic heterocycles. The van der Waals surface area contributed by atoms with Crippen molar-refractivity contribution in [2.24, 2.45) is 0 Å². The number of hydrogen-bond acceptors (Lipinski definition) is 3. The van der Waals surface area contributed by atoms with Gasteiger partial charge in [-0.05, 0) is 57.0 Å². The average Bonchev–Trinajstić information content (AvgIpc) is 3.28. The van der Waals surface area contributed by atoms with Crippen molar-refractivity contribution < 1.29 is 4.74 Å². The summed E-state index contributed by atoms with van der Waals surface area (Å²) < 4.78 is 8.43. The van der Waals surface area contributed by atoms with E-state index in [9.17, 15) is 0 Å². The van der Waals surface area contributed by atoms with Crippen LogP contribution in [0.3, 0.4) is 0 Å². The van der Waals surface area contributed by atoms with Crippen LogP contribution in [0, 0.1) is 0 Å². The number of fused-ring (bicyclic) bond motifs is 1. The van der Waals surface area contributed by atoms with Crippen LogP contribution in [0.5, 0.6) is 0 Å². The summed E-state index contributed by atoms with van der Waals surface area (Å²) in [5, 5.41) is 4.14. The van der Waals surface area contributed by atoms with E-state index >= 15 is 0 Å². The van der Waals surface area contributed by atoms with Crippen molar-refractivity contribution in [3.8, 4) is 0 Å². The van der Waals surface area contributed by atoms with Gasteiger partial charge in [0.05, 0.1) is 17.1 Å². The van der Waals surface area contributed by atoms with Crippen LogP contribution >= 0.6 is 11.6 Å². The molecule has 0 atom stereocenters.